The fourth-order valence-corrected chi connectivity index (χ4v) is 4.69. The van der Waals surface area contributed by atoms with E-state index < -0.39 is 5.25 Å². The number of thioether (sulfide) groups is 1. The molecule has 6 nitrogen and oxygen atoms in total. The molecule has 0 spiro atoms. The van der Waals surface area contributed by atoms with Crippen molar-refractivity contribution < 1.29 is 14.4 Å². The third-order valence-corrected chi connectivity index (χ3v) is 6.38. The Morgan fingerprint density at radius 3 is 2.50 bits per heavy atom. The van der Waals surface area contributed by atoms with Crippen LogP contribution in [0.5, 0.6) is 0 Å². The van der Waals surface area contributed by atoms with Gasteiger partial charge in [0, 0.05) is 29.1 Å². The quantitative estimate of drug-likeness (QED) is 0.724. The van der Waals surface area contributed by atoms with Gasteiger partial charge in [0.05, 0.1) is 17.5 Å². The third-order valence-electron chi connectivity index (χ3n) is 4.87. The molecule has 3 rings (SSSR count). The molecule has 2 aromatic rings. The summed E-state index contributed by atoms with van der Waals surface area (Å²) >= 11 is 7.29. The van der Waals surface area contributed by atoms with Crippen LogP contribution in [0.4, 0.5) is 11.4 Å². The number of aryl methyl sites for hydroxylation is 3. The van der Waals surface area contributed by atoms with Crippen molar-refractivity contribution >= 4 is 52.5 Å². The molecule has 0 bridgehead atoms. The summed E-state index contributed by atoms with van der Waals surface area (Å²) in [7, 11) is 1.57. The van der Waals surface area contributed by atoms with Gasteiger partial charge in [-0.2, -0.15) is 0 Å². The van der Waals surface area contributed by atoms with Crippen LogP contribution in [0.2, 0.25) is 5.02 Å². The maximum atomic E-state index is 12.6. The molecule has 0 unspecified atom stereocenters. The lowest BCUT2D eigenvalue weighted by molar-refractivity contribution is -0.134. The lowest BCUT2D eigenvalue weighted by Gasteiger charge is -2.25. The molecule has 3 amide bonds. The number of hydrogen-bond acceptors (Lipinski definition) is 4. The number of rotatable bonds is 5. The molecule has 0 saturated carbocycles. The van der Waals surface area contributed by atoms with Crippen LogP contribution in [0.25, 0.3) is 0 Å². The summed E-state index contributed by atoms with van der Waals surface area (Å²) in [5.41, 5.74) is 4.50. The van der Waals surface area contributed by atoms with Crippen molar-refractivity contribution in [2.45, 2.75) is 37.3 Å². The Labute approximate surface area is 185 Å². The molecule has 0 fully saturated rings. The first-order valence-corrected chi connectivity index (χ1v) is 10.8. The van der Waals surface area contributed by atoms with E-state index in [1.807, 2.05) is 39.0 Å². The summed E-state index contributed by atoms with van der Waals surface area (Å²) in [5, 5.41) is 5.66. The van der Waals surface area contributed by atoms with E-state index in [0.717, 1.165) is 27.3 Å². The van der Waals surface area contributed by atoms with E-state index in [-0.39, 0.29) is 30.7 Å². The Balaban J connectivity index is 1.59. The van der Waals surface area contributed by atoms with Crippen molar-refractivity contribution in [2.24, 2.45) is 0 Å². The minimum absolute atomic E-state index is 0.00489. The van der Waals surface area contributed by atoms with Crippen LogP contribution in [0, 0.1) is 20.8 Å². The predicted molar refractivity (Wildman–Crippen MR) is 121 cm³/mol. The van der Waals surface area contributed by atoms with Crippen LogP contribution < -0.4 is 10.6 Å². The van der Waals surface area contributed by atoms with Gasteiger partial charge in [-0.15, -0.1) is 11.8 Å². The first-order chi connectivity index (χ1) is 14.1. The molecule has 1 aliphatic rings. The van der Waals surface area contributed by atoms with Gasteiger partial charge < -0.3 is 15.5 Å². The number of benzene rings is 2. The molecule has 1 heterocycles. The van der Waals surface area contributed by atoms with Crippen molar-refractivity contribution in [3.63, 3.8) is 0 Å². The van der Waals surface area contributed by atoms with E-state index in [1.54, 1.807) is 19.2 Å². The molecule has 0 aliphatic carbocycles. The van der Waals surface area contributed by atoms with Crippen LogP contribution in [0.3, 0.4) is 0 Å². The maximum absolute atomic E-state index is 12.6. The number of nitrogens with one attached hydrogen (secondary N) is 2. The highest BCUT2D eigenvalue weighted by Crippen LogP contribution is 2.38. The highest BCUT2D eigenvalue weighted by atomic mass is 35.5. The Kier molecular flexibility index (Phi) is 6.73. The van der Waals surface area contributed by atoms with Crippen molar-refractivity contribution in [1.29, 1.82) is 0 Å². The zero-order chi connectivity index (χ0) is 22.0. The van der Waals surface area contributed by atoms with Crippen LogP contribution in [-0.2, 0) is 14.4 Å². The lowest BCUT2D eigenvalue weighted by Crippen LogP contribution is -2.39. The molecule has 2 aromatic carbocycles. The minimum atomic E-state index is -0.557. The number of likely N-dealkylation sites (N-methyl/N-ethyl adjacent to an activating group) is 1. The van der Waals surface area contributed by atoms with Gasteiger partial charge in [0.15, 0.2) is 0 Å². The molecular formula is C22H24ClN3O3S. The second kappa shape index (κ2) is 9.10. The van der Waals surface area contributed by atoms with E-state index in [0.29, 0.717) is 10.7 Å². The zero-order valence-electron chi connectivity index (χ0n) is 17.3. The molecule has 30 heavy (non-hydrogen) atoms. The monoisotopic (exact) mass is 445 g/mol. The van der Waals surface area contributed by atoms with Gasteiger partial charge in [-0.1, -0.05) is 29.3 Å². The number of anilines is 2. The Bertz CT molecular complexity index is 1000. The number of amides is 3. The molecule has 8 heteroatoms. The smallest absolute Gasteiger partial charge is 0.243 e. The Hall–Kier alpha value is -2.51. The molecular weight excluding hydrogens is 422 g/mol. The van der Waals surface area contributed by atoms with Crippen LogP contribution in [0.15, 0.2) is 35.2 Å². The molecule has 0 saturated heterocycles. The third kappa shape index (κ3) is 5.15. The second-order valence-electron chi connectivity index (χ2n) is 7.51. The summed E-state index contributed by atoms with van der Waals surface area (Å²) in [6.07, 6.45) is 0.00489. The van der Waals surface area contributed by atoms with E-state index >= 15 is 0 Å². The van der Waals surface area contributed by atoms with E-state index in [2.05, 4.69) is 10.6 Å². The van der Waals surface area contributed by atoms with Gasteiger partial charge in [-0.3, -0.25) is 14.4 Å². The average molecular weight is 446 g/mol. The number of nitrogens with zero attached hydrogens (tertiary/aromatic N) is 1. The normalized spacial score (nSPS) is 15.2. The van der Waals surface area contributed by atoms with Gasteiger partial charge >= 0.3 is 0 Å². The van der Waals surface area contributed by atoms with Crippen LogP contribution in [-0.4, -0.2) is 41.5 Å². The summed E-state index contributed by atoms with van der Waals surface area (Å²) in [6, 6.07) is 9.26. The second-order valence-corrected chi connectivity index (χ2v) is 9.19. The van der Waals surface area contributed by atoms with Crippen molar-refractivity contribution in [3.05, 3.63) is 52.0 Å². The average Bonchev–Trinajstić information content (AvgIpc) is 2.65. The summed E-state index contributed by atoms with van der Waals surface area (Å²) in [6.45, 7) is 5.80. The van der Waals surface area contributed by atoms with Gasteiger partial charge in [-0.25, -0.2) is 0 Å². The molecule has 1 atom stereocenters. The molecule has 0 aromatic heterocycles. The number of carbonyl (C=O) groups is 3. The van der Waals surface area contributed by atoms with Crippen LogP contribution >= 0.6 is 23.4 Å². The first kappa shape index (κ1) is 22.2. The topological polar surface area (TPSA) is 78.5 Å². The first-order valence-electron chi connectivity index (χ1n) is 9.52. The number of hydrogen-bond donors (Lipinski definition) is 2. The molecule has 0 radical (unpaired) electrons. The van der Waals surface area contributed by atoms with Crippen LogP contribution in [0.1, 0.15) is 23.1 Å². The van der Waals surface area contributed by atoms with Crippen molar-refractivity contribution in [3.8, 4) is 0 Å². The van der Waals surface area contributed by atoms with Crippen molar-refractivity contribution in [2.75, 3.05) is 24.2 Å². The standard InChI is InChI=1S/C22H24ClN3O3S/c1-12-7-13(2)21(14(3)8-12)25-19(27)11-26(4)20(28)10-18-22(29)24-16-9-15(23)5-6-17(16)30-18/h5-9,18H,10-11H2,1-4H3,(H,24,29)(H,25,27)/t18-/m1/s1. The Morgan fingerprint density at radius 2 is 1.83 bits per heavy atom. The largest absolute Gasteiger partial charge is 0.336 e. The summed E-state index contributed by atoms with van der Waals surface area (Å²) in [4.78, 5) is 39.7. The van der Waals surface area contributed by atoms with E-state index in [9.17, 15) is 14.4 Å². The van der Waals surface area contributed by atoms with E-state index in [4.69, 9.17) is 11.6 Å². The van der Waals surface area contributed by atoms with Gasteiger partial charge in [0.2, 0.25) is 17.7 Å². The van der Waals surface area contributed by atoms with Crippen molar-refractivity contribution in [1.82, 2.24) is 4.90 Å². The lowest BCUT2D eigenvalue weighted by atomic mass is 10.1. The highest BCUT2D eigenvalue weighted by Gasteiger charge is 2.30. The summed E-state index contributed by atoms with van der Waals surface area (Å²) in [5.74, 6) is -0.791. The SMILES string of the molecule is Cc1cc(C)c(NC(=O)CN(C)C(=O)C[C@H]2Sc3ccc(Cl)cc3NC2=O)c(C)c1. The molecule has 2 N–H and O–H groups in total. The summed E-state index contributed by atoms with van der Waals surface area (Å²) < 4.78 is 0. The number of fused-ring (bicyclic) bond motifs is 1. The predicted octanol–water partition coefficient (Wildman–Crippen LogP) is 4.17. The molecule has 1 aliphatic heterocycles. The Morgan fingerprint density at radius 1 is 1.17 bits per heavy atom. The van der Waals surface area contributed by atoms with Gasteiger partial charge in [0.1, 0.15) is 0 Å². The van der Waals surface area contributed by atoms with Gasteiger partial charge in [-0.05, 0) is 50.1 Å². The zero-order valence-corrected chi connectivity index (χ0v) is 18.9. The van der Waals surface area contributed by atoms with E-state index in [1.165, 1.54) is 16.7 Å². The number of carbonyl (C=O) groups excluding carboxylic acids is 3. The maximum Gasteiger partial charge on any atom is 0.243 e. The fourth-order valence-electron chi connectivity index (χ4n) is 3.43. The minimum Gasteiger partial charge on any atom is -0.336 e. The van der Waals surface area contributed by atoms with Gasteiger partial charge in [0.25, 0.3) is 0 Å². The molecule has 158 valence electrons. The fraction of sp³-hybridized carbons (Fsp3) is 0.318. The highest BCUT2D eigenvalue weighted by molar-refractivity contribution is 8.01. The number of halogens is 1.